The predicted molar refractivity (Wildman–Crippen MR) is 75.2 cm³/mol. The molecule has 0 aliphatic carbocycles. The van der Waals surface area contributed by atoms with Crippen LogP contribution >= 0.6 is 0 Å². The first-order valence-electron chi connectivity index (χ1n) is 6.51. The van der Waals surface area contributed by atoms with Gasteiger partial charge in [0.1, 0.15) is 6.54 Å². The van der Waals surface area contributed by atoms with E-state index in [0.29, 0.717) is 5.82 Å². The summed E-state index contributed by atoms with van der Waals surface area (Å²) >= 11 is 0. The number of aryl methyl sites for hydroxylation is 1. The molecular weight excluding hydrogens is 272 g/mol. The zero-order valence-corrected chi connectivity index (χ0v) is 11.8. The highest BCUT2D eigenvalue weighted by Crippen LogP contribution is 2.14. The maximum absolute atomic E-state index is 11.5. The molecule has 3 amide bonds. The lowest BCUT2D eigenvalue weighted by molar-refractivity contribution is -0.121. The minimum atomic E-state index is -0.574. The first-order chi connectivity index (χ1) is 10.1. The second-order valence-corrected chi connectivity index (χ2v) is 4.32. The molecule has 0 saturated heterocycles. The average molecular weight is 288 g/mol. The van der Waals surface area contributed by atoms with Crippen LogP contribution in [0.5, 0.6) is 0 Å². The molecule has 0 saturated carbocycles. The Morgan fingerprint density at radius 1 is 1.24 bits per heavy atom. The van der Waals surface area contributed by atoms with Crippen LogP contribution in [0.25, 0.3) is 11.4 Å². The molecule has 2 rings (SSSR count). The van der Waals surface area contributed by atoms with E-state index in [1.165, 1.54) is 12.6 Å². The van der Waals surface area contributed by atoms with E-state index >= 15 is 0 Å². The molecule has 1 aromatic carbocycles. The zero-order chi connectivity index (χ0) is 15.2. The lowest BCUT2D eigenvalue weighted by atomic mass is 10.1. The fourth-order valence-corrected chi connectivity index (χ4v) is 1.67. The fraction of sp³-hybridized carbons (Fsp3) is 0.308. The van der Waals surface area contributed by atoms with E-state index in [-0.39, 0.29) is 6.54 Å². The number of imide groups is 1. The maximum atomic E-state index is 11.5. The summed E-state index contributed by atoms with van der Waals surface area (Å²) in [6, 6.07) is 7.23. The van der Waals surface area contributed by atoms with Gasteiger partial charge in [-0.2, -0.15) is 4.80 Å². The topological polar surface area (TPSA) is 102 Å². The van der Waals surface area contributed by atoms with Gasteiger partial charge in [0.05, 0.1) is 0 Å². The van der Waals surface area contributed by atoms with Crippen LogP contribution in [0.1, 0.15) is 12.5 Å². The van der Waals surface area contributed by atoms with Gasteiger partial charge in [-0.1, -0.05) is 31.2 Å². The van der Waals surface area contributed by atoms with Gasteiger partial charge in [-0.25, -0.2) is 4.79 Å². The summed E-state index contributed by atoms with van der Waals surface area (Å²) in [6.45, 7) is 1.90. The number of nitrogens with zero attached hydrogens (tertiary/aromatic N) is 4. The quantitative estimate of drug-likeness (QED) is 0.845. The van der Waals surface area contributed by atoms with Crippen LogP contribution in [0.3, 0.4) is 0 Å². The maximum Gasteiger partial charge on any atom is 0.321 e. The van der Waals surface area contributed by atoms with E-state index in [1.54, 1.807) is 0 Å². The molecule has 0 aliphatic heterocycles. The third kappa shape index (κ3) is 3.85. The molecule has 0 spiro atoms. The molecule has 0 radical (unpaired) electrons. The highest BCUT2D eigenvalue weighted by Gasteiger charge is 2.11. The Morgan fingerprint density at radius 2 is 1.95 bits per heavy atom. The number of tetrazole rings is 1. The molecule has 0 atom stereocenters. The van der Waals surface area contributed by atoms with Crippen molar-refractivity contribution >= 4 is 11.9 Å². The van der Waals surface area contributed by atoms with Gasteiger partial charge in [-0.15, -0.1) is 10.2 Å². The molecule has 8 heteroatoms. The van der Waals surface area contributed by atoms with Gasteiger partial charge in [0.25, 0.3) is 5.91 Å². The molecule has 8 nitrogen and oxygen atoms in total. The molecule has 0 fully saturated rings. The summed E-state index contributed by atoms with van der Waals surface area (Å²) in [7, 11) is 1.42. The number of carbonyl (C=O) groups excluding carboxylic acids is 2. The monoisotopic (exact) mass is 288 g/mol. The van der Waals surface area contributed by atoms with Crippen molar-refractivity contribution in [3.8, 4) is 11.4 Å². The van der Waals surface area contributed by atoms with Gasteiger partial charge in [0.2, 0.25) is 5.82 Å². The van der Waals surface area contributed by atoms with Crippen LogP contribution in [-0.2, 0) is 17.8 Å². The second kappa shape index (κ2) is 6.60. The van der Waals surface area contributed by atoms with Crippen LogP contribution in [0.4, 0.5) is 4.79 Å². The van der Waals surface area contributed by atoms with Crippen LogP contribution in [0.15, 0.2) is 24.3 Å². The Labute approximate surface area is 121 Å². The van der Waals surface area contributed by atoms with Crippen molar-refractivity contribution in [2.45, 2.75) is 19.9 Å². The zero-order valence-electron chi connectivity index (χ0n) is 11.8. The van der Waals surface area contributed by atoms with Crippen molar-refractivity contribution in [2.75, 3.05) is 7.05 Å². The lowest BCUT2D eigenvalue weighted by Crippen LogP contribution is -2.39. The van der Waals surface area contributed by atoms with E-state index in [4.69, 9.17) is 0 Å². The first-order valence-corrected chi connectivity index (χ1v) is 6.51. The standard InChI is InChI=1S/C13H16N6O2/c1-3-9-4-6-10(7-5-9)12-16-18-19(17-12)8-11(20)15-13(21)14-2/h4-7H,3,8H2,1-2H3,(H2,14,15,20,21). The van der Waals surface area contributed by atoms with E-state index in [2.05, 4.69) is 33.0 Å². The lowest BCUT2D eigenvalue weighted by Gasteiger charge is -2.01. The Bertz CT molecular complexity index is 634. The number of hydrogen-bond donors (Lipinski definition) is 2. The summed E-state index contributed by atoms with van der Waals surface area (Å²) in [6.07, 6.45) is 0.958. The molecular formula is C13H16N6O2. The van der Waals surface area contributed by atoms with Gasteiger partial charge >= 0.3 is 6.03 Å². The number of rotatable bonds is 4. The van der Waals surface area contributed by atoms with Crippen molar-refractivity contribution in [3.63, 3.8) is 0 Å². The summed E-state index contributed by atoms with van der Waals surface area (Å²) in [4.78, 5) is 23.6. The number of aromatic nitrogens is 4. The molecule has 2 aromatic rings. The Hall–Kier alpha value is -2.77. The molecule has 110 valence electrons. The second-order valence-electron chi connectivity index (χ2n) is 4.32. The third-order valence-electron chi connectivity index (χ3n) is 2.84. The minimum absolute atomic E-state index is 0.173. The molecule has 21 heavy (non-hydrogen) atoms. The van der Waals surface area contributed by atoms with Gasteiger partial charge in [0, 0.05) is 12.6 Å². The first kappa shape index (κ1) is 14.6. The summed E-state index contributed by atoms with van der Waals surface area (Å²) < 4.78 is 0. The molecule has 0 unspecified atom stereocenters. The van der Waals surface area contributed by atoms with E-state index in [1.807, 2.05) is 24.3 Å². The number of amides is 3. The van der Waals surface area contributed by atoms with Gasteiger partial charge in [0.15, 0.2) is 0 Å². The molecule has 0 aliphatic rings. The van der Waals surface area contributed by atoms with E-state index < -0.39 is 11.9 Å². The van der Waals surface area contributed by atoms with Crippen LogP contribution in [-0.4, -0.2) is 39.2 Å². The Morgan fingerprint density at radius 3 is 2.57 bits per heavy atom. The van der Waals surface area contributed by atoms with Crippen molar-refractivity contribution in [3.05, 3.63) is 29.8 Å². The van der Waals surface area contributed by atoms with Crippen molar-refractivity contribution in [1.29, 1.82) is 0 Å². The normalized spacial score (nSPS) is 10.2. The fourth-order valence-electron chi connectivity index (χ4n) is 1.67. The van der Waals surface area contributed by atoms with Gasteiger partial charge < -0.3 is 5.32 Å². The summed E-state index contributed by atoms with van der Waals surface area (Å²) in [5.41, 5.74) is 2.04. The molecule has 2 N–H and O–H groups in total. The number of nitrogens with one attached hydrogen (secondary N) is 2. The van der Waals surface area contributed by atoms with Crippen molar-refractivity contribution in [1.82, 2.24) is 30.8 Å². The van der Waals surface area contributed by atoms with Crippen molar-refractivity contribution in [2.24, 2.45) is 0 Å². The minimum Gasteiger partial charge on any atom is -0.341 e. The number of benzene rings is 1. The van der Waals surface area contributed by atoms with Crippen LogP contribution in [0.2, 0.25) is 0 Å². The SMILES string of the molecule is CCc1ccc(-c2nnn(CC(=O)NC(=O)NC)n2)cc1. The summed E-state index contributed by atoms with van der Waals surface area (Å²) in [5, 5.41) is 16.2. The molecule has 1 aromatic heterocycles. The third-order valence-corrected chi connectivity index (χ3v) is 2.84. The molecule has 1 heterocycles. The van der Waals surface area contributed by atoms with Crippen LogP contribution in [0, 0.1) is 0 Å². The van der Waals surface area contributed by atoms with Crippen molar-refractivity contribution < 1.29 is 9.59 Å². The highest BCUT2D eigenvalue weighted by atomic mass is 16.2. The predicted octanol–water partition coefficient (Wildman–Crippen LogP) is 0.358. The van der Waals surface area contributed by atoms with Gasteiger partial charge in [-0.05, 0) is 17.2 Å². The number of urea groups is 1. The van der Waals surface area contributed by atoms with E-state index in [0.717, 1.165) is 16.8 Å². The number of carbonyl (C=O) groups is 2. The average Bonchev–Trinajstić information content (AvgIpc) is 2.95. The Balaban J connectivity index is 2.03. The number of hydrogen-bond acceptors (Lipinski definition) is 5. The largest absolute Gasteiger partial charge is 0.341 e. The highest BCUT2D eigenvalue weighted by molar-refractivity contribution is 5.93. The Kier molecular flexibility index (Phi) is 4.60. The van der Waals surface area contributed by atoms with Gasteiger partial charge in [-0.3, -0.25) is 10.1 Å². The van der Waals surface area contributed by atoms with Crippen LogP contribution < -0.4 is 10.6 Å². The van der Waals surface area contributed by atoms with E-state index in [9.17, 15) is 9.59 Å². The summed E-state index contributed by atoms with van der Waals surface area (Å²) in [5.74, 6) is -0.0787. The smallest absolute Gasteiger partial charge is 0.321 e. The molecule has 0 bridgehead atoms.